The van der Waals surface area contributed by atoms with Gasteiger partial charge in [0, 0.05) is 22.5 Å². The lowest BCUT2D eigenvalue weighted by molar-refractivity contribution is -0.131. The van der Waals surface area contributed by atoms with Gasteiger partial charge >= 0.3 is 5.97 Å². The Morgan fingerprint density at radius 1 is 1.38 bits per heavy atom. The number of imidazole rings is 1. The predicted molar refractivity (Wildman–Crippen MR) is 80.3 cm³/mol. The maximum absolute atomic E-state index is 12.9. The summed E-state index contributed by atoms with van der Waals surface area (Å²) in [7, 11) is 0. The number of carboxylic acids is 1. The average Bonchev–Trinajstić information content (AvgIpc) is 3.00. The molecule has 0 amide bonds. The number of aliphatic carboxylic acids is 1. The van der Waals surface area contributed by atoms with Crippen LogP contribution in [0.5, 0.6) is 0 Å². The molecule has 0 aliphatic heterocycles. The molecule has 4 nitrogen and oxygen atoms in total. The molecule has 0 aliphatic rings. The number of carbonyl (C=O) groups is 1. The van der Waals surface area contributed by atoms with Crippen molar-refractivity contribution in [3.63, 3.8) is 0 Å². The van der Waals surface area contributed by atoms with E-state index in [4.69, 9.17) is 5.11 Å². The molecule has 7 heteroatoms. The molecule has 0 bridgehead atoms. The summed E-state index contributed by atoms with van der Waals surface area (Å²) in [5.74, 6) is -1.31. The molecule has 0 spiro atoms. The van der Waals surface area contributed by atoms with Gasteiger partial charge in [0.15, 0.2) is 4.96 Å². The lowest BCUT2D eigenvalue weighted by Gasteiger charge is -2.00. The molecule has 0 saturated heterocycles. The second-order valence-corrected chi connectivity index (χ2v) is 6.02. The number of hydrogen-bond donors (Lipinski definition) is 1. The molecule has 0 fully saturated rings. The number of aromatic nitrogens is 2. The number of thiazole rings is 1. The van der Waals surface area contributed by atoms with Gasteiger partial charge in [0.05, 0.1) is 5.69 Å². The van der Waals surface area contributed by atoms with Gasteiger partial charge in [0.25, 0.3) is 0 Å². The third kappa shape index (κ3) is 2.98. The molecular formula is C14H9FN2O2S2. The molecule has 106 valence electrons. The normalized spacial score (nSPS) is 11.5. The van der Waals surface area contributed by atoms with Crippen molar-refractivity contribution in [2.75, 3.05) is 0 Å². The maximum Gasteiger partial charge on any atom is 0.328 e. The van der Waals surface area contributed by atoms with Crippen LogP contribution in [0.25, 0.3) is 11.0 Å². The standard InChI is InChI=1S/C14H9FN2O2S2/c15-9-1-3-10(4-2-9)21-13-11(5-6-12(18)19)17-7-8-20-14(17)16-13/h1-8H,(H,18,19). The Morgan fingerprint density at radius 3 is 2.86 bits per heavy atom. The minimum Gasteiger partial charge on any atom is -0.478 e. The van der Waals surface area contributed by atoms with E-state index in [2.05, 4.69) is 4.98 Å². The molecule has 0 aliphatic carbocycles. The van der Waals surface area contributed by atoms with Crippen LogP contribution in [0.3, 0.4) is 0 Å². The fraction of sp³-hybridized carbons (Fsp3) is 0. The van der Waals surface area contributed by atoms with E-state index in [0.717, 1.165) is 15.9 Å². The zero-order valence-corrected chi connectivity index (χ0v) is 12.2. The topological polar surface area (TPSA) is 54.6 Å². The summed E-state index contributed by atoms with van der Waals surface area (Å²) in [5.41, 5.74) is 0.697. The number of benzene rings is 1. The predicted octanol–water partition coefficient (Wildman–Crippen LogP) is 3.78. The Kier molecular flexibility index (Phi) is 3.76. The van der Waals surface area contributed by atoms with Gasteiger partial charge in [-0.1, -0.05) is 11.8 Å². The molecule has 1 N–H and O–H groups in total. The molecule has 1 aromatic carbocycles. The van der Waals surface area contributed by atoms with Gasteiger partial charge in [-0.25, -0.2) is 14.2 Å². The largest absolute Gasteiger partial charge is 0.478 e. The van der Waals surface area contributed by atoms with E-state index in [-0.39, 0.29) is 5.82 Å². The van der Waals surface area contributed by atoms with Crippen molar-refractivity contribution in [1.29, 1.82) is 0 Å². The molecule has 2 heterocycles. The maximum atomic E-state index is 12.9. The highest BCUT2D eigenvalue weighted by atomic mass is 32.2. The first-order valence-electron chi connectivity index (χ1n) is 5.93. The first kappa shape index (κ1) is 13.8. The summed E-state index contributed by atoms with van der Waals surface area (Å²) >= 11 is 2.84. The van der Waals surface area contributed by atoms with E-state index in [1.807, 2.05) is 16.0 Å². The monoisotopic (exact) mass is 320 g/mol. The summed E-state index contributed by atoms with van der Waals surface area (Å²) in [6.45, 7) is 0. The van der Waals surface area contributed by atoms with Crippen molar-refractivity contribution in [1.82, 2.24) is 9.38 Å². The van der Waals surface area contributed by atoms with Crippen LogP contribution in [0.15, 0.2) is 51.8 Å². The van der Waals surface area contributed by atoms with Gasteiger partial charge in [-0.05, 0) is 30.3 Å². The van der Waals surface area contributed by atoms with E-state index in [9.17, 15) is 9.18 Å². The SMILES string of the molecule is O=C(O)C=Cc1c(Sc2ccc(F)cc2)nc2sccn12. The van der Waals surface area contributed by atoms with Crippen molar-refractivity contribution in [2.45, 2.75) is 9.92 Å². The van der Waals surface area contributed by atoms with Crippen molar-refractivity contribution in [3.8, 4) is 0 Å². The van der Waals surface area contributed by atoms with E-state index in [1.54, 1.807) is 12.1 Å². The minimum absolute atomic E-state index is 0.295. The highest BCUT2D eigenvalue weighted by Gasteiger charge is 2.12. The first-order chi connectivity index (χ1) is 10.1. The number of rotatable bonds is 4. The molecular weight excluding hydrogens is 311 g/mol. The number of hydrogen-bond acceptors (Lipinski definition) is 4. The summed E-state index contributed by atoms with van der Waals surface area (Å²) in [5, 5.41) is 11.4. The van der Waals surface area contributed by atoms with Gasteiger partial charge in [-0.3, -0.25) is 4.40 Å². The quantitative estimate of drug-likeness (QED) is 0.743. The van der Waals surface area contributed by atoms with Crippen molar-refractivity contribution in [2.24, 2.45) is 0 Å². The van der Waals surface area contributed by atoms with Crippen LogP contribution in [-0.2, 0) is 4.79 Å². The molecule has 3 aromatic rings. The van der Waals surface area contributed by atoms with E-state index in [0.29, 0.717) is 10.7 Å². The van der Waals surface area contributed by atoms with Crippen LogP contribution in [0, 0.1) is 5.82 Å². The second-order valence-electron chi connectivity index (χ2n) is 4.09. The Labute approximate surface area is 127 Å². The van der Waals surface area contributed by atoms with Crippen molar-refractivity contribution < 1.29 is 14.3 Å². The van der Waals surface area contributed by atoms with E-state index < -0.39 is 5.97 Å². The van der Waals surface area contributed by atoms with Crippen LogP contribution in [0.2, 0.25) is 0 Å². The van der Waals surface area contributed by atoms with Crippen LogP contribution in [-0.4, -0.2) is 20.5 Å². The third-order valence-electron chi connectivity index (χ3n) is 2.68. The number of carboxylic acid groups (broad SMARTS) is 1. The summed E-state index contributed by atoms with van der Waals surface area (Å²) in [4.78, 5) is 16.8. The van der Waals surface area contributed by atoms with Gasteiger partial charge in [-0.2, -0.15) is 0 Å². The Bertz CT molecular complexity index is 821. The third-order valence-corrected chi connectivity index (χ3v) is 4.44. The van der Waals surface area contributed by atoms with E-state index >= 15 is 0 Å². The minimum atomic E-state index is -1.02. The zero-order chi connectivity index (χ0) is 14.8. The zero-order valence-electron chi connectivity index (χ0n) is 10.6. The van der Waals surface area contributed by atoms with Gasteiger partial charge in [0.2, 0.25) is 0 Å². The molecule has 0 saturated carbocycles. The highest BCUT2D eigenvalue weighted by molar-refractivity contribution is 7.99. The first-order valence-corrected chi connectivity index (χ1v) is 7.63. The van der Waals surface area contributed by atoms with Gasteiger partial charge in [-0.15, -0.1) is 11.3 Å². The lowest BCUT2D eigenvalue weighted by Crippen LogP contribution is -1.88. The van der Waals surface area contributed by atoms with Crippen LogP contribution < -0.4 is 0 Å². The van der Waals surface area contributed by atoms with E-state index in [1.165, 1.54) is 41.3 Å². The van der Waals surface area contributed by atoms with Crippen LogP contribution >= 0.6 is 23.1 Å². The number of nitrogens with zero attached hydrogens (tertiary/aromatic N) is 2. The summed E-state index contributed by atoms with van der Waals surface area (Å²) in [6, 6.07) is 6.09. The smallest absolute Gasteiger partial charge is 0.328 e. The molecule has 3 rings (SSSR count). The van der Waals surface area contributed by atoms with Crippen LogP contribution in [0.1, 0.15) is 5.69 Å². The molecule has 0 unspecified atom stereocenters. The molecule has 2 aromatic heterocycles. The van der Waals surface area contributed by atoms with Crippen molar-refractivity contribution in [3.05, 3.63) is 53.4 Å². The molecule has 21 heavy (non-hydrogen) atoms. The highest BCUT2D eigenvalue weighted by Crippen LogP contribution is 2.32. The summed E-state index contributed by atoms with van der Waals surface area (Å²) < 4.78 is 14.8. The fourth-order valence-electron chi connectivity index (χ4n) is 1.77. The lowest BCUT2D eigenvalue weighted by atomic mass is 10.3. The fourth-order valence-corrected chi connectivity index (χ4v) is 3.45. The Morgan fingerprint density at radius 2 is 2.14 bits per heavy atom. The second kappa shape index (κ2) is 5.71. The molecule has 0 atom stereocenters. The Balaban J connectivity index is 2.00. The van der Waals surface area contributed by atoms with Gasteiger partial charge < -0.3 is 5.11 Å². The van der Waals surface area contributed by atoms with Crippen LogP contribution in [0.4, 0.5) is 4.39 Å². The Hall–Kier alpha value is -2.12. The average molecular weight is 320 g/mol. The van der Waals surface area contributed by atoms with Gasteiger partial charge in [0.1, 0.15) is 10.8 Å². The number of halogens is 1. The summed E-state index contributed by atoms with van der Waals surface area (Å²) in [6.07, 6.45) is 4.43. The molecule has 0 radical (unpaired) electrons. The van der Waals surface area contributed by atoms with Crippen molar-refractivity contribution >= 4 is 40.1 Å². The number of fused-ring (bicyclic) bond motifs is 1.